The highest BCUT2D eigenvalue weighted by atomic mass is 16.2. The molecular formula is C34H28BNO2. The molecule has 3 nitrogen and oxygen atoms in total. The fourth-order valence-corrected chi connectivity index (χ4v) is 6.22. The molecule has 2 radical (unpaired) electrons. The molecule has 0 unspecified atom stereocenters. The highest BCUT2D eigenvalue weighted by molar-refractivity contribution is 6.43. The first-order valence-corrected chi connectivity index (χ1v) is 12.9. The van der Waals surface area contributed by atoms with Crippen molar-refractivity contribution in [2.24, 2.45) is 0 Å². The molecule has 0 amide bonds. The van der Waals surface area contributed by atoms with E-state index in [0.29, 0.717) is 16.6 Å². The number of hydrogen-bond donors (Lipinski definition) is 0. The lowest BCUT2D eigenvalue weighted by Crippen LogP contribution is -2.31. The van der Waals surface area contributed by atoms with Crippen molar-refractivity contribution in [3.63, 3.8) is 0 Å². The van der Waals surface area contributed by atoms with E-state index >= 15 is 0 Å². The molecule has 0 atom stereocenters. The van der Waals surface area contributed by atoms with Crippen LogP contribution in [0.15, 0.2) is 78.4 Å². The third-order valence-corrected chi connectivity index (χ3v) is 7.95. The van der Waals surface area contributed by atoms with Gasteiger partial charge in [-0.15, -0.1) is 0 Å². The van der Waals surface area contributed by atoms with E-state index in [1.165, 1.54) is 33.6 Å². The number of aryl methyl sites for hydroxylation is 3. The zero-order chi connectivity index (χ0) is 26.9. The van der Waals surface area contributed by atoms with Gasteiger partial charge in [0, 0.05) is 16.5 Å². The van der Waals surface area contributed by atoms with E-state index in [1.807, 2.05) is 6.07 Å². The topological polar surface area (TPSA) is 37.4 Å². The third kappa shape index (κ3) is 3.51. The maximum Gasteiger partial charge on any atom is 0.197 e. The van der Waals surface area contributed by atoms with Crippen LogP contribution >= 0.6 is 0 Å². The van der Waals surface area contributed by atoms with Crippen LogP contribution < -0.4 is 10.4 Å². The summed E-state index contributed by atoms with van der Waals surface area (Å²) in [5, 5.41) is 0. The summed E-state index contributed by atoms with van der Waals surface area (Å²) < 4.78 is 0. The molecule has 4 aromatic carbocycles. The summed E-state index contributed by atoms with van der Waals surface area (Å²) in [5.74, 6) is -0.521. The van der Waals surface area contributed by atoms with E-state index in [4.69, 9.17) is 7.85 Å². The van der Waals surface area contributed by atoms with Gasteiger partial charge in [0.05, 0.1) is 22.6 Å². The van der Waals surface area contributed by atoms with Crippen LogP contribution in [0, 0.1) is 20.8 Å². The van der Waals surface area contributed by atoms with Crippen LogP contribution in [0.2, 0.25) is 0 Å². The Labute approximate surface area is 225 Å². The van der Waals surface area contributed by atoms with Crippen molar-refractivity contribution >= 4 is 48.0 Å². The summed E-state index contributed by atoms with van der Waals surface area (Å²) in [6, 6.07) is 24.2. The number of fused-ring (bicyclic) bond motifs is 3. The Morgan fingerprint density at radius 3 is 2.13 bits per heavy atom. The molecule has 1 heterocycles. The quantitative estimate of drug-likeness (QED) is 0.172. The zero-order valence-electron chi connectivity index (χ0n) is 22.3. The van der Waals surface area contributed by atoms with Crippen LogP contribution in [0.5, 0.6) is 0 Å². The SMILES string of the molecule is [B]c1ccc2c(c1)C(=O)/C(=C\c1ccc3c(c1)C(C)(C)c1ccccc1N3c1c(C)cc(C)cc1C)C2=O. The van der Waals surface area contributed by atoms with Gasteiger partial charge >= 0.3 is 0 Å². The first kappa shape index (κ1) is 24.2. The predicted molar refractivity (Wildman–Crippen MR) is 156 cm³/mol. The van der Waals surface area contributed by atoms with Crippen molar-refractivity contribution in [1.29, 1.82) is 0 Å². The van der Waals surface area contributed by atoms with Crippen molar-refractivity contribution < 1.29 is 9.59 Å². The fourth-order valence-electron chi connectivity index (χ4n) is 6.22. The predicted octanol–water partition coefficient (Wildman–Crippen LogP) is 6.98. The summed E-state index contributed by atoms with van der Waals surface area (Å²) >= 11 is 0. The second-order valence-electron chi connectivity index (χ2n) is 11.0. The molecule has 4 heteroatoms. The van der Waals surface area contributed by atoms with E-state index in [2.05, 4.69) is 88.0 Å². The smallest absolute Gasteiger partial charge is 0.197 e. The van der Waals surface area contributed by atoms with Gasteiger partial charge in [-0.25, -0.2) is 0 Å². The molecule has 0 fully saturated rings. The summed E-state index contributed by atoms with van der Waals surface area (Å²) in [7, 11) is 5.88. The van der Waals surface area contributed by atoms with Crippen molar-refractivity contribution in [1.82, 2.24) is 0 Å². The first-order chi connectivity index (χ1) is 18.1. The number of para-hydroxylation sites is 1. The van der Waals surface area contributed by atoms with E-state index < -0.39 is 0 Å². The molecule has 0 bridgehead atoms. The Bertz CT molecular complexity index is 1700. The average molecular weight is 493 g/mol. The van der Waals surface area contributed by atoms with Gasteiger partial charge in [-0.1, -0.05) is 79.5 Å². The normalized spacial score (nSPS) is 16.4. The minimum Gasteiger partial charge on any atom is -0.309 e. The number of Topliss-reactive ketones (excluding diaryl/α,β-unsaturated/α-hetero) is 2. The van der Waals surface area contributed by atoms with E-state index in [1.54, 1.807) is 24.3 Å². The van der Waals surface area contributed by atoms with Crippen LogP contribution in [0.3, 0.4) is 0 Å². The number of benzene rings is 4. The van der Waals surface area contributed by atoms with Crippen LogP contribution in [-0.2, 0) is 5.41 Å². The van der Waals surface area contributed by atoms with E-state index in [0.717, 1.165) is 16.8 Å². The summed E-state index contributed by atoms with van der Waals surface area (Å²) in [6.07, 6.45) is 1.73. The molecular weight excluding hydrogens is 465 g/mol. The number of anilines is 3. The van der Waals surface area contributed by atoms with Crippen molar-refractivity contribution in [3.05, 3.63) is 123 Å². The Morgan fingerprint density at radius 2 is 1.39 bits per heavy atom. The van der Waals surface area contributed by atoms with Gasteiger partial charge in [0.25, 0.3) is 0 Å². The van der Waals surface area contributed by atoms with Gasteiger partial charge < -0.3 is 4.90 Å². The number of carbonyl (C=O) groups excluding carboxylic acids is 2. The number of rotatable bonds is 2. The number of allylic oxidation sites excluding steroid dienone is 1. The summed E-state index contributed by atoms with van der Waals surface area (Å²) in [6.45, 7) is 10.9. The van der Waals surface area contributed by atoms with Crippen LogP contribution in [0.25, 0.3) is 6.08 Å². The van der Waals surface area contributed by atoms with Crippen LogP contribution in [0.1, 0.15) is 67.9 Å². The average Bonchev–Trinajstić information content (AvgIpc) is 3.10. The van der Waals surface area contributed by atoms with Gasteiger partial charge in [-0.3, -0.25) is 9.59 Å². The second kappa shape index (κ2) is 8.42. The molecule has 0 saturated carbocycles. The lowest BCUT2D eigenvalue weighted by Gasteiger charge is -2.43. The van der Waals surface area contributed by atoms with Gasteiger partial charge in [0.1, 0.15) is 7.85 Å². The molecule has 6 rings (SSSR count). The fraction of sp³-hybridized carbons (Fsp3) is 0.176. The Hall–Kier alpha value is -4.18. The Kier molecular flexibility index (Phi) is 5.36. The Morgan fingerprint density at radius 1 is 0.737 bits per heavy atom. The van der Waals surface area contributed by atoms with Crippen LogP contribution in [-0.4, -0.2) is 19.4 Å². The summed E-state index contributed by atoms with van der Waals surface area (Å²) in [5.41, 5.74) is 11.5. The molecule has 0 spiro atoms. The van der Waals surface area contributed by atoms with Crippen molar-refractivity contribution in [3.8, 4) is 0 Å². The molecule has 1 aliphatic carbocycles. The van der Waals surface area contributed by atoms with Gasteiger partial charge in [-0.05, 0) is 72.9 Å². The standard InChI is InChI=1S/C34H28BNO2/c1-19-14-20(2)31(21(3)15-19)36-29-9-7-6-8-27(29)34(4,5)28-17-22(10-13-30(28)36)16-26-32(37)24-12-11-23(35)18-25(24)33(26)38/h6-18H,1-5H3/b26-16-. The largest absolute Gasteiger partial charge is 0.309 e. The first-order valence-electron chi connectivity index (χ1n) is 12.9. The monoisotopic (exact) mass is 493 g/mol. The Balaban J connectivity index is 1.54. The minimum absolute atomic E-state index is 0.182. The maximum atomic E-state index is 13.1. The number of carbonyl (C=O) groups is 2. The molecule has 0 N–H and O–H groups in total. The second-order valence-corrected chi connectivity index (χ2v) is 11.0. The molecule has 4 aromatic rings. The number of nitrogens with zero attached hydrogens (tertiary/aromatic N) is 1. The molecule has 1 aliphatic heterocycles. The van der Waals surface area contributed by atoms with Crippen LogP contribution in [0.4, 0.5) is 17.1 Å². The number of hydrogen-bond acceptors (Lipinski definition) is 3. The van der Waals surface area contributed by atoms with Crippen molar-refractivity contribution in [2.75, 3.05) is 4.90 Å². The third-order valence-electron chi connectivity index (χ3n) is 7.95. The molecule has 38 heavy (non-hydrogen) atoms. The lowest BCUT2D eigenvalue weighted by molar-refractivity contribution is 0.0990. The van der Waals surface area contributed by atoms with E-state index in [-0.39, 0.29) is 22.6 Å². The molecule has 0 aromatic heterocycles. The maximum absolute atomic E-state index is 13.1. The van der Waals surface area contributed by atoms with E-state index in [9.17, 15) is 9.59 Å². The summed E-state index contributed by atoms with van der Waals surface area (Å²) in [4.78, 5) is 28.6. The van der Waals surface area contributed by atoms with Gasteiger partial charge in [0.15, 0.2) is 11.6 Å². The van der Waals surface area contributed by atoms with Gasteiger partial charge in [-0.2, -0.15) is 0 Å². The van der Waals surface area contributed by atoms with Gasteiger partial charge in [0.2, 0.25) is 0 Å². The highest BCUT2D eigenvalue weighted by Gasteiger charge is 2.38. The molecule has 184 valence electrons. The van der Waals surface area contributed by atoms with Crippen molar-refractivity contribution in [2.45, 2.75) is 40.0 Å². The molecule has 0 saturated heterocycles. The minimum atomic E-state index is -0.287. The zero-order valence-corrected chi connectivity index (χ0v) is 22.3. The lowest BCUT2D eigenvalue weighted by atomic mass is 9.73. The molecule has 2 aliphatic rings. The number of ketones is 2. The highest BCUT2D eigenvalue weighted by Crippen LogP contribution is 2.53.